The molecule has 0 amide bonds. The van der Waals surface area contributed by atoms with Crippen LogP contribution in [0.15, 0.2) is 46.9 Å². The number of carbonyl (C=O) groups excluding carboxylic acids is 1. The predicted molar refractivity (Wildman–Crippen MR) is 87.2 cm³/mol. The Balaban J connectivity index is 2.27. The summed E-state index contributed by atoms with van der Waals surface area (Å²) in [6.07, 6.45) is 2.93. The van der Waals surface area contributed by atoms with Crippen LogP contribution in [0.2, 0.25) is 5.02 Å². The van der Waals surface area contributed by atoms with E-state index in [0.29, 0.717) is 21.9 Å². The second-order valence-electron chi connectivity index (χ2n) is 4.25. The molecule has 3 nitrogen and oxygen atoms in total. The molecule has 108 valence electrons. The molecule has 0 aliphatic heterocycles. The number of aromatic hydroxyl groups is 1. The number of rotatable bonds is 4. The van der Waals surface area contributed by atoms with Gasteiger partial charge in [0.1, 0.15) is 0 Å². The molecule has 21 heavy (non-hydrogen) atoms. The fraction of sp³-hybridized carbons (Fsp3) is 0.0625. The molecule has 0 heterocycles. The molecule has 1 N–H and O–H groups in total. The van der Waals surface area contributed by atoms with Gasteiger partial charge < -0.3 is 9.84 Å². The van der Waals surface area contributed by atoms with E-state index < -0.39 is 0 Å². The second kappa shape index (κ2) is 6.78. The molecule has 2 aromatic carbocycles. The molecule has 0 aromatic heterocycles. The fourth-order valence-electron chi connectivity index (χ4n) is 1.75. The van der Waals surface area contributed by atoms with E-state index in [9.17, 15) is 9.90 Å². The lowest BCUT2D eigenvalue weighted by Gasteiger charge is -2.07. The van der Waals surface area contributed by atoms with Crippen LogP contribution in [0, 0.1) is 0 Å². The van der Waals surface area contributed by atoms with Crippen LogP contribution in [-0.2, 0) is 0 Å². The number of ether oxygens (including phenoxy) is 1. The number of phenolic OH excluding ortho intramolecular Hbond substituents is 1. The Morgan fingerprint density at radius 1 is 1.29 bits per heavy atom. The molecule has 2 aromatic rings. The average Bonchev–Trinajstić information content (AvgIpc) is 2.48. The molecule has 0 saturated carbocycles. The zero-order valence-electron chi connectivity index (χ0n) is 11.1. The Kier molecular flexibility index (Phi) is 5.04. The smallest absolute Gasteiger partial charge is 0.185 e. The van der Waals surface area contributed by atoms with Crippen molar-refractivity contribution in [2.24, 2.45) is 0 Å². The summed E-state index contributed by atoms with van der Waals surface area (Å²) in [5.74, 6) is 0.147. The van der Waals surface area contributed by atoms with Crippen molar-refractivity contribution in [3.05, 3.63) is 63.1 Å². The molecular weight excluding hydrogens is 356 g/mol. The van der Waals surface area contributed by atoms with Crippen LogP contribution < -0.4 is 4.74 Å². The van der Waals surface area contributed by atoms with Gasteiger partial charge in [-0.2, -0.15) is 0 Å². The molecule has 0 aliphatic rings. The molecule has 0 bridgehead atoms. The van der Waals surface area contributed by atoms with Crippen molar-refractivity contribution in [2.45, 2.75) is 0 Å². The molecule has 0 radical (unpaired) electrons. The summed E-state index contributed by atoms with van der Waals surface area (Å²) < 4.78 is 5.80. The predicted octanol–water partition coefficient (Wildman–Crippen LogP) is 4.71. The molecule has 0 unspecified atom stereocenters. The Labute approximate surface area is 135 Å². The van der Waals surface area contributed by atoms with Crippen molar-refractivity contribution < 1.29 is 14.6 Å². The van der Waals surface area contributed by atoms with E-state index in [4.69, 9.17) is 16.3 Å². The summed E-state index contributed by atoms with van der Waals surface area (Å²) in [5, 5.41) is 10.6. The van der Waals surface area contributed by atoms with Gasteiger partial charge in [-0.15, -0.1) is 0 Å². The van der Waals surface area contributed by atoms with Gasteiger partial charge in [-0.25, -0.2) is 0 Å². The van der Waals surface area contributed by atoms with Gasteiger partial charge >= 0.3 is 0 Å². The Morgan fingerprint density at radius 3 is 2.57 bits per heavy atom. The van der Waals surface area contributed by atoms with E-state index in [0.717, 1.165) is 4.47 Å². The van der Waals surface area contributed by atoms with Gasteiger partial charge in [-0.1, -0.05) is 27.5 Å². The van der Waals surface area contributed by atoms with E-state index in [1.807, 2.05) is 0 Å². The number of hydrogen-bond acceptors (Lipinski definition) is 3. The molecule has 5 heteroatoms. The lowest BCUT2D eigenvalue weighted by atomic mass is 10.1. The van der Waals surface area contributed by atoms with E-state index in [-0.39, 0.29) is 11.5 Å². The van der Waals surface area contributed by atoms with Crippen LogP contribution >= 0.6 is 27.5 Å². The maximum atomic E-state index is 12.0. The summed E-state index contributed by atoms with van der Waals surface area (Å²) >= 11 is 9.10. The fourth-order valence-corrected chi connectivity index (χ4v) is 2.33. The van der Waals surface area contributed by atoms with Gasteiger partial charge in [-0.05, 0) is 48.6 Å². The lowest BCUT2D eigenvalue weighted by molar-refractivity contribution is 0.104. The third kappa shape index (κ3) is 3.86. The zero-order chi connectivity index (χ0) is 15.4. The first-order chi connectivity index (χ1) is 10.0. The normalized spacial score (nSPS) is 10.8. The lowest BCUT2D eigenvalue weighted by Crippen LogP contribution is -1.93. The second-order valence-corrected chi connectivity index (χ2v) is 5.60. The van der Waals surface area contributed by atoms with Crippen LogP contribution in [0.25, 0.3) is 6.08 Å². The Hall–Kier alpha value is -1.78. The molecule has 0 atom stereocenters. The van der Waals surface area contributed by atoms with Gasteiger partial charge in [0.2, 0.25) is 0 Å². The highest BCUT2D eigenvalue weighted by molar-refractivity contribution is 9.10. The van der Waals surface area contributed by atoms with Gasteiger partial charge in [0, 0.05) is 20.6 Å². The van der Waals surface area contributed by atoms with Crippen molar-refractivity contribution >= 4 is 39.4 Å². The zero-order valence-corrected chi connectivity index (χ0v) is 13.5. The van der Waals surface area contributed by atoms with Crippen molar-refractivity contribution in [1.29, 1.82) is 0 Å². The molecular formula is C16H12BrClO3. The molecule has 0 aliphatic carbocycles. The number of benzene rings is 2. The minimum atomic E-state index is -0.176. The van der Waals surface area contributed by atoms with Crippen molar-refractivity contribution in [3.8, 4) is 11.5 Å². The van der Waals surface area contributed by atoms with Crippen molar-refractivity contribution in [1.82, 2.24) is 0 Å². The number of halogens is 2. The summed E-state index contributed by atoms with van der Waals surface area (Å²) in [5.41, 5.74) is 1.01. The van der Waals surface area contributed by atoms with Crippen LogP contribution in [0.4, 0.5) is 0 Å². The first-order valence-corrected chi connectivity index (χ1v) is 7.23. The van der Waals surface area contributed by atoms with Crippen LogP contribution in [0.3, 0.4) is 0 Å². The SMILES string of the molecule is COc1cc(Br)cc(/C=C/C(=O)c2ccc(Cl)cc2)c1O. The summed E-state index contributed by atoms with van der Waals surface area (Å²) in [6, 6.07) is 9.95. The first kappa shape index (κ1) is 15.6. The molecule has 0 spiro atoms. The molecule has 0 saturated heterocycles. The summed E-state index contributed by atoms with van der Waals surface area (Å²) in [7, 11) is 1.47. The van der Waals surface area contributed by atoms with Crippen LogP contribution in [0.1, 0.15) is 15.9 Å². The standard InChI is InChI=1S/C16H12BrClO3/c1-21-15-9-12(17)8-11(16(15)20)4-7-14(19)10-2-5-13(18)6-3-10/h2-9,20H,1H3/b7-4+. The Bertz CT molecular complexity index is 693. The third-order valence-corrected chi connectivity index (χ3v) is 3.54. The highest BCUT2D eigenvalue weighted by Gasteiger charge is 2.08. The number of hydrogen-bond donors (Lipinski definition) is 1. The van der Waals surface area contributed by atoms with Crippen molar-refractivity contribution in [2.75, 3.05) is 7.11 Å². The first-order valence-electron chi connectivity index (χ1n) is 6.05. The topological polar surface area (TPSA) is 46.5 Å². The number of carbonyl (C=O) groups is 1. The van der Waals surface area contributed by atoms with Gasteiger partial charge in [0.25, 0.3) is 0 Å². The van der Waals surface area contributed by atoms with Crippen LogP contribution in [0.5, 0.6) is 11.5 Å². The molecule has 0 fully saturated rings. The highest BCUT2D eigenvalue weighted by Crippen LogP contribution is 2.34. The van der Waals surface area contributed by atoms with Gasteiger partial charge in [0.05, 0.1) is 7.11 Å². The van der Waals surface area contributed by atoms with Crippen LogP contribution in [-0.4, -0.2) is 18.0 Å². The minimum absolute atomic E-state index is 0.0131. The van der Waals surface area contributed by atoms with E-state index >= 15 is 0 Å². The van der Waals surface area contributed by atoms with Gasteiger partial charge in [0.15, 0.2) is 17.3 Å². The van der Waals surface area contributed by atoms with Gasteiger partial charge in [-0.3, -0.25) is 4.79 Å². The average molecular weight is 368 g/mol. The highest BCUT2D eigenvalue weighted by atomic mass is 79.9. The monoisotopic (exact) mass is 366 g/mol. The number of allylic oxidation sites excluding steroid dienone is 1. The maximum absolute atomic E-state index is 12.0. The Morgan fingerprint density at radius 2 is 1.95 bits per heavy atom. The summed E-state index contributed by atoms with van der Waals surface area (Å²) in [4.78, 5) is 12.0. The number of ketones is 1. The number of phenols is 1. The van der Waals surface area contributed by atoms with Crippen molar-refractivity contribution in [3.63, 3.8) is 0 Å². The van der Waals surface area contributed by atoms with E-state index in [2.05, 4.69) is 15.9 Å². The number of methoxy groups -OCH3 is 1. The molecule has 2 rings (SSSR count). The quantitative estimate of drug-likeness (QED) is 0.628. The maximum Gasteiger partial charge on any atom is 0.185 e. The summed E-state index contributed by atoms with van der Waals surface area (Å²) in [6.45, 7) is 0. The van der Waals surface area contributed by atoms with E-state index in [1.54, 1.807) is 42.5 Å². The van der Waals surface area contributed by atoms with E-state index in [1.165, 1.54) is 13.2 Å². The largest absolute Gasteiger partial charge is 0.504 e. The third-order valence-electron chi connectivity index (χ3n) is 2.83. The minimum Gasteiger partial charge on any atom is -0.504 e.